The number of halogens is 2. The van der Waals surface area contributed by atoms with Gasteiger partial charge < -0.3 is 10.4 Å². The number of carbonyl (C=O) groups excluding carboxylic acids is 1. The van der Waals surface area contributed by atoms with Crippen molar-refractivity contribution in [2.45, 2.75) is 24.9 Å². The molecule has 174 valence electrons. The maximum Gasteiger partial charge on any atom is 0.234 e. The van der Waals surface area contributed by atoms with Crippen LogP contribution in [0.2, 0.25) is 0 Å². The molecule has 0 aliphatic rings. The van der Waals surface area contributed by atoms with Crippen LogP contribution in [0.15, 0.2) is 76.4 Å². The molecule has 1 aromatic heterocycles. The van der Waals surface area contributed by atoms with Crippen LogP contribution in [0.4, 0.5) is 5.69 Å². The minimum Gasteiger partial charge on any atom is -0.507 e. The summed E-state index contributed by atoms with van der Waals surface area (Å²) in [7, 11) is 0. The van der Waals surface area contributed by atoms with Gasteiger partial charge in [0.1, 0.15) is 5.75 Å². The Kier molecular flexibility index (Phi) is 7.95. The maximum atomic E-state index is 12.8. The van der Waals surface area contributed by atoms with Gasteiger partial charge >= 0.3 is 0 Å². The van der Waals surface area contributed by atoms with Gasteiger partial charge in [-0.25, -0.2) is 0 Å². The Balaban J connectivity index is 1.61. The van der Waals surface area contributed by atoms with Gasteiger partial charge in [-0.15, -0.1) is 10.2 Å². The van der Waals surface area contributed by atoms with Crippen molar-refractivity contribution in [2.75, 3.05) is 11.1 Å². The van der Waals surface area contributed by atoms with Crippen molar-refractivity contribution >= 4 is 61.9 Å². The first-order valence-corrected chi connectivity index (χ1v) is 13.4. The van der Waals surface area contributed by atoms with Gasteiger partial charge in [0.2, 0.25) is 5.91 Å². The zero-order chi connectivity index (χ0) is 24.2. The monoisotopic (exact) mass is 648 g/mol. The Morgan fingerprint density at radius 2 is 1.88 bits per heavy atom. The predicted molar refractivity (Wildman–Crippen MR) is 149 cm³/mol. The first-order chi connectivity index (χ1) is 16.3. The number of nitrogens with one attached hydrogen (secondary N) is 1. The Bertz CT molecular complexity index is 1330. The second-order valence-electron chi connectivity index (χ2n) is 7.86. The van der Waals surface area contributed by atoms with Crippen molar-refractivity contribution < 1.29 is 9.90 Å². The van der Waals surface area contributed by atoms with Gasteiger partial charge in [0.05, 0.1) is 11.3 Å². The number of amides is 1. The zero-order valence-corrected chi connectivity index (χ0v) is 23.1. The van der Waals surface area contributed by atoms with Crippen LogP contribution in [0.5, 0.6) is 5.75 Å². The Hall–Kier alpha value is -2.37. The fraction of sp³-hybridized carbons (Fsp3) is 0.160. The summed E-state index contributed by atoms with van der Waals surface area (Å²) in [6.07, 6.45) is 0. The van der Waals surface area contributed by atoms with Crippen LogP contribution >= 0.6 is 50.3 Å². The second kappa shape index (κ2) is 10.9. The molecule has 0 spiro atoms. The summed E-state index contributed by atoms with van der Waals surface area (Å²) >= 11 is 7.03. The fourth-order valence-corrected chi connectivity index (χ4v) is 5.10. The molecule has 0 aliphatic heterocycles. The summed E-state index contributed by atoms with van der Waals surface area (Å²) in [5.41, 5.74) is 3.31. The number of phenols is 1. The van der Waals surface area contributed by atoms with E-state index in [0.717, 1.165) is 25.0 Å². The van der Waals surface area contributed by atoms with Crippen molar-refractivity contribution in [3.63, 3.8) is 0 Å². The van der Waals surface area contributed by atoms with Crippen LogP contribution in [-0.4, -0.2) is 31.5 Å². The molecule has 1 amide bonds. The van der Waals surface area contributed by atoms with E-state index in [9.17, 15) is 9.90 Å². The van der Waals surface area contributed by atoms with E-state index in [4.69, 9.17) is 0 Å². The number of aromatic hydroxyl groups is 1. The van der Waals surface area contributed by atoms with E-state index in [0.29, 0.717) is 22.5 Å². The van der Waals surface area contributed by atoms with E-state index >= 15 is 0 Å². The highest BCUT2D eigenvalue weighted by atomic mass is 127. The van der Waals surface area contributed by atoms with Gasteiger partial charge in [-0.2, -0.15) is 0 Å². The first-order valence-electron chi connectivity index (χ1n) is 10.6. The fourth-order valence-electron chi connectivity index (χ4n) is 3.48. The molecule has 0 atom stereocenters. The van der Waals surface area contributed by atoms with Crippen molar-refractivity contribution in [3.8, 4) is 22.8 Å². The molecule has 1 heterocycles. The number of aromatic nitrogens is 3. The molecule has 0 bridgehead atoms. The minimum atomic E-state index is -0.123. The topological polar surface area (TPSA) is 80.0 Å². The highest BCUT2D eigenvalue weighted by Gasteiger charge is 2.20. The lowest BCUT2D eigenvalue weighted by Gasteiger charge is -2.14. The maximum absolute atomic E-state index is 12.8. The summed E-state index contributed by atoms with van der Waals surface area (Å²) in [6.45, 7) is 4.22. The zero-order valence-electron chi connectivity index (χ0n) is 18.5. The van der Waals surface area contributed by atoms with E-state index in [1.54, 1.807) is 18.2 Å². The number of rotatable bonds is 7. The normalized spacial score (nSPS) is 11.1. The Morgan fingerprint density at radius 3 is 2.62 bits per heavy atom. The molecular weight excluding hydrogens is 627 g/mol. The number of hydrogen-bond acceptors (Lipinski definition) is 5. The highest BCUT2D eigenvalue weighted by molar-refractivity contribution is 14.1. The van der Waals surface area contributed by atoms with Crippen molar-refractivity contribution in [1.82, 2.24) is 14.8 Å². The predicted octanol–water partition coefficient (Wildman–Crippen LogP) is 6.86. The number of anilines is 1. The average Bonchev–Trinajstić information content (AvgIpc) is 3.24. The molecule has 0 unspecified atom stereocenters. The number of nitrogens with zero attached hydrogens (tertiary/aromatic N) is 3. The number of hydrogen-bond donors (Lipinski definition) is 2. The Morgan fingerprint density at radius 1 is 1.12 bits per heavy atom. The van der Waals surface area contributed by atoms with Gasteiger partial charge in [-0.05, 0) is 82.6 Å². The van der Waals surface area contributed by atoms with E-state index in [1.807, 2.05) is 47.0 Å². The first kappa shape index (κ1) is 24.7. The third kappa shape index (κ3) is 5.64. The lowest BCUT2D eigenvalue weighted by Crippen LogP contribution is -2.16. The largest absolute Gasteiger partial charge is 0.507 e. The lowest BCUT2D eigenvalue weighted by molar-refractivity contribution is -0.113. The Labute approximate surface area is 224 Å². The van der Waals surface area contributed by atoms with E-state index in [-0.39, 0.29) is 17.4 Å². The minimum absolute atomic E-state index is 0.0991. The number of phenolic OH excluding ortho intramolecular Hbond substituents is 1. The third-order valence-corrected chi connectivity index (χ3v) is 7.18. The van der Waals surface area contributed by atoms with Crippen LogP contribution in [0.1, 0.15) is 25.3 Å². The van der Waals surface area contributed by atoms with Gasteiger partial charge in [-0.3, -0.25) is 9.36 Å². The van der Waals surface area contributed by atoms with E-state index in [2.05, 4.69) is 73.9 Å². The van der Waals surface area contributed by atoms with E-state index in [1.165, 1.54) is 11.8 Å². The van der Waals surface area contributed by atoms with Crippen molar-refractivity contribution in [2.24, 2.45) is 0 Å². The summed E-state index contributed by atoms with van der Waals surface area (Å²) in [5, 5.41) is 22.8. The summed E-state index contributed by atoms with van der Waals surface area (Å²) < 4.78 is 3.80. The molecule has 4 rings (SSSR count). The SMILES string of the molecule is CC(C)c1cc(I)ccc1NC(=O)CSc1nnc(-c2cc(Br)ccc2O)n1-c1ccccc1. The molecule has 0 saturated carbocycles. The van der Waals surface area contributed by atoms with Crippen LogP contribution in [0.25, 0.3) is 17.1 Å². The van der Waals surface area contributed by atoms with Gasteiger partial charge in [0, 0.05) is 19.4 Å². The molecule has 0 fully saturated rings. The third-order valence-electron chi connectivity index (χ3n) is 5.09. The van der Waals surface area contributed by atoms with Gasteiger partial charge in [0.15, 0.2) is 11.0 Å². The molecule has 6 nitrogen and oxygen atoms in total. The van der Waals surface area contributed by atoms with Crippen LogP contribution in [-0.2, 0) is 4.79 Å². The molecular formula is C25H22BrIN4O2S. The van der Waals surface area contributed by atoms with Crippen LogP contribution in [0, 0.1) is 3.57 Å². The smallest absolute Gasteiger partial charge is 0.234 e. The summed E-state index contributed by atoms with van der Waals surface area (Å²) in [5.74, 6) is 0.926. The molecule has 2 N–H and O–H groups in total. The quantitative estimate of drug-likeness (QED) is 0.169. The molecule has 0 radical (unpaired) electrons. The van der Waals surface area contributed by atoms with Gasteiger partial charge in [-0.1, -0.05) is 59.7 Å². The molecule has 0 aliphatic carbocycles. The summed E-state index contributed by atoms with van der Waals surface area (Å²) in [4.78, 5) is 12.8. The standard InChI is InChI=1S/C25H22BrIN4O2S/c1-15(2)19-13-17(27)9-10-21(19)28-23(33)14-34-25-30-29-24(20-12-16(26)8-11-22(20)32)31(25)18-6-4-3-5-7-18/h3-13,15,32H,14H2,1-2H3,(H,28,33). The van der Waals surface area contributed by atoms with Crippen molar-refractivity contribution in [3.05, 3.63) is 80.3 Å². The molecule has 9 heteroatoms. The van der Waals surface area contributed by atoms with Crippen LogP contribution < -0.4 is 5.32 Å². The molecule has 0 saturated heterocycles. The highest BCUT2D eigenvalue weighted by Crippen LogP contribution is 2.35. The lowest BCUT2D eigenvalue weighted by atomic mass is 10.0. The number of thioether (sulfide) groups is 1. The molecule has 3 aromatic carbocycles. The number of para-hydroxylation sites is 1. The van der Waals surface area contributed by atoms with Crippen LogP contribution in [0.3, 0.4) is 0 Å². The molecule has 4 aromatic rings. The second-order valence-corrected chi connectivity index (χ2v) is 11.0. The average molecular weight is 649 g/mol. The number of benzene rings is 3. The summed E-state index contributed by atoms with van der Waals surface area (Å²) in [6, 6.07) is 20.8. The van der Waals surface area contributed by atoms with Crippen molar-refractivity contribution in [1.29, 1.82) is 0 Å². The molecule has 34 heavy (non-hydrogen) atoms. The number of carbonyl (C=O) groups is 1. The van der Waals surface area contributed by atoms with E-state index < -0.39 is 0 Å². The van der Waals surface area contributed by atoms with Gasteiger partial charge in [0.25, 0.3) is 0 Å².